The summed E-state index contributed by atoms with van der Waals surface area (Å²) in [4.78, 5) is 0. The summed E-state index contributed by atoms with van der Waals surface area (Å²) in [5.74, 6) is 0.878. The standard InChI is InChI=1S/C15H19NOS.ClH/c1-15(2,3)17-13-6-4-11(5-7-13)14(16)12-8-9-18-10-12;/h4-10,14H,16H2,1-3H3;1H/t14-;/m0./s1. The van der Waals surface area contributed by atoms with Crippen molar-refractivity contribution in [3.8, 4) is 5.75 Å². The highest BCUT2D eigenvalue weighted by Crippen LogP contribution is 2.25. The summed E-state index contributed by atoms with van der Waals surface area (Å²) in [6.07, 6.45) is 0. The van der Waals surface area contributed by atoms with Gasteiger partial charge in [-0.15, -0.1) is 12.4 Å². The average Bonchev–Trinajstić information content (AvgIpc) is 2.80. The molecule has 1 aromatic carbocycles. The molecule has 2 N–H and O–H groups in total. The van der Waals surface area contributed by atoms with E-state index >= 15 is 0 Å². The van der Waals surface area contributed by atoms with Crippen molar-refractivity contribution < 1.29 is 4.74 Å². The van der Waals surface area contributed by atoms with Crippen LogP contribution in [-0.2, 0) is 0 Å². The molecule has 1 heterocycles. The van der Waals surface area contributed by atoms with E-state index in [9.17, 15) is 0 Å². The topological polar surface area (TPSA) is 35.2 Å². The Kier molecular flexibility index (Phi) is 5.41. The van der Waals surface area contributed by atoms with Crippen LogP contribution in [0.15, 0.2) is 41.1 Å². The van der Waals surface area contributed by atoms with Crippen molar-refractivity contribution >= 4 is 23.7 Å². The third kappa shape index (κ3) is 4.53. The van der Waals surface area contributed by atoms with Crippen LogP contribution in [0.25, 0.3) is 0 Å². The zero-order chi connectivity index (χ0) is 13.2. The van der Waals surface area contributed by atoms with Gasteiger partial charge in [0.15, 0.2) is 0 Å². The molecule has 2 aromatic rings. The predicted octanol–water partition coefficient (Wildman–Crippen LogP) is 4.40. The van der Waals surface area contributed by atoms with Crippen LogP contribution in [0.4, 0.5) is 0 Å². The molecule has 0 spiro atoms. The lowest BCUT2D eigenvalue weighted by Gasteiger charge is -2.21. The molecule has 0 saturated carbocycles. The summed E-state index contributed by atoms with van der Waals surface area (Å²) in [7, 11) is 0. The first-order valence-corrected chi connectivity index (χ1v) is 6.97. The lowest BCUT2D eigenvalue weighted by Crippen LogP contribution is -2.22. The summed E-state index contributed by atoms with van der Waals surface area (Å²) in [5, 5.41) is 4.14. The Hall–Kier alpha value is -1.03. The molecule has 0 fully saturated rings. The number of halogens is 1. The summed E-state index contributed by atoms with van der Waals surface area (Å²) in [6, 6.07) is 10.0. The van der Waals surface area contributed by atoms with Gasteiger partial charge in [-0.3, -0.25) is 0 Å². The van der Waals surface area contributed by atoms with Crippen LogP contribution >= 0.6 is 23.7 Å². The van der Waals surface area contributed by atoms with Gasteiger partial charge >= 0.3 is 0 Å². The summed E-state index contributed by atoms with van der Waals surface area (Å²) in [6.45, 7) is 6.12. The van der Waals surface area contributed by atoms with Gasteiger partial charge in [0.2, 0.25) is 0 Å². The van der Waals surface area contributed by atoms with Crippen LogP contribution in [0.2, 0.25) is 0 Å². The Labute approximate surface area is 125 Å². The molecule has 4 heteroatoms. The average molecular weight is 298 g/mol. The number of thiophene rings is 1. The molecule has 19 heavy (non-hydrogen) atoms. The van der Waals surface area contributed by atoms with E-state index in [4.69, 9.17) is 10.5 Å². The molecular weight excluding hydrogens is 278 g/mol. The summed E-state index contributed by atoms with van der Waals surface area (Å²) >= 11 is 1.67. The highest BCUT2D eigenvalue weighted by molar-refractivity contribution is 7.08. The van der Waals surface area contributed by atoms with Crippen molar-refractivity contribution in [3.05, 3.63) is 52.2 Å². The van der Waals surface area contributed by atoms with Gasteiger partial charge in [-0.25, -0.2) is 0 Å². The first-order valence-electron chi connectivity index (χ1n) is 6.02. The highest BCUT2D eigenvalue weighted by atomic mass is 35.5. The third-order valence-electron chi connectivity index (χ3n) is 2.57. The fraction of sp³-hybridized carbons (Fsp3) is 0.333. The summed E-state index contributed by atoms with van der Waals surface area (Å²) in [5.41, 5.74) is 8.30. The van der Waals surface area contributed by atoms with Gasteiger partial charge < -0.3 is 10.5 Å². The fourth-order valence-corrected chi connectivity index (χ4v) is 2.44. The highest BCUT2D eigenvalue weighted by Gasteiger charge is 2.13. The molecular formula is C15H20ClNOS. The Morgan fingerprint density at radius 2 is 1.68 bits per heavy atom. The molecule has 2 nitrogen and oxygen atoms in total. The fourth-order valence-electron chi connectivity index (χ4n) is 1.74. The van der Waals surface area contributed by atoms with Crippen molar-refractivity contribution in [2.75, 3.05) is 0 Å². The van der Waals surface area contributed by atoms with Crippen LogP contribution in [0, 0.1) is 0 Å². The SMILES string of the molecule is CC(C)(C)Oc1ccc([C@H](N)c2ccsc2)cc1.Cl. The van der Waals surface area contributed by atoms with Crippen molar-refractivity contribution in [3.63, 3.8) is 0 Å². The minimum Gasteiger partial charge on any atom is -0.488 e. The molecule has 0 bridgehead atoms. The molecule has 1 aromatic heterocycles. The lowest BCUT2D eigenvalue weighted by atomic mass is 10.0. The first-order chi connectivity index (χ1) is 8.46. The van der Waals surface area contributed by atoms with Gasteiger partial charge in [-0.2, -0.15) is 11.3 Å². The quantitative estimate of drug-likeness (QED) is 0.911. The Morgan fingerprint density at radius 3 is 2.16 bits per heavy atom. The van der Waals surface area contributed by atoms with Gasteiger partial charge in [-0.05, 0) is 60.9 Å². The molecule has 0 unspecified atom stereocenters. The van der Waals surface area contributed by atoms with Gasteiger partial charge in [0.05, 0.1) is 6.04 Å². The second-order valence-electron chi connectivity index (χ2n) is 5.32. The van der Waals surface area contributed by atoms with E-state index < -0.39 is 0 Å². The van der Waals surface area contributed by atoms with Crippen LogP contribution in [-0.4, -0.2) is 5.60 Å². The van der Waals surface area contributed by atoms with Crippen molar-refractivity contribution in [2.24, 2.45) is 5.73 Å². The minimum atomic E-state index is -0.170. The monoisotopic (exact) mass is 297 g/mol. The molecule has 0 aliphatic heterocycles. The maximum Gasteiger partial charge on any atom is 0.120 e. The first kappa shape index (κ1) is 16.0. The van der Waals surface area contributed by atoms with Gasteiger partial charge in [-0.1, -0.05) is 12.1 Å². The van der Waals surface area contributed by atoms with E-state index in [1.807, 2.05) is 50.4 Å². The predicted molar refractivity (Wildman–Crippen MR) is 84.4 cm³/mol. The normalized spacial score (nSPS) is 12.6. The van der Waals surface area contributed by atoms with Crippen LogP contribution in [0.1, 0.15) is 37.9 Å². The Bertz CT molecular complexity index is 488. The van der Waals surface area contributed by atoms with E-state index in [2.05, 4.69) is 11.4 Å². The largest absolute Gasteiger partial charge is 0.488 e. The number of hydrogen-bond donors (Lipinski definition) is 1. The molecule has 2 rings (SSSR count). The van der Waals surface area contributed by atoms with E-state index in [1.54, 1.807) is 11.3 Å². The van der Waals surface area contributed by atoms with Crippen LogP contribution < -0.4 is 10.5 Å². The zero-order valence-electron chi connectivity index (χ0n) is 11.4. The molecule has 1 atom stereocenters. The van der Waals surface area contributed by atoms with Crippen molar-refractivity contribution in [1.29, 1.82) is 0 Å². The Morgan fingerprint density at radius 1 is 1.05 bits per heavy atom. The van der Waals surface area contributed by atoms with E-state index in [0.717, 1.165) is 16.9 Å². The number of benzene rings is 1. The number of nitrogens with two attached hydrogens (primary N) is 1. The number of hydrogen-bond acceptors (Lipinski definition) is 3. The smallest absolute Gasteiger partial charge is 0.120 e. The van der Waals surface area contributed by atoms with Crippen molar-refractivity contribution in [1.82, 2.24) is 0 Å². The van der Waals surface area contributed by atoms with Gasteiger partial charge in [0.25, 0.3) is 0 Å². The molecule has 0 aliphatic carbocycles. The number of rotatable bonds is 3. The van der Waals surface area contributed by atoms with Crippen LogP contribution in [0.5, 0.6) is 5.75 Å². The van der Waals surface area contributed by atoms with Gasteiger partial charge in [0.1, 0.15) is 11.4 Å². The molecule has 0 aliphatic rings. The molecule has 104 valence electrons. The summed E-state index contributed by atoms with van der Waals surface area (Å²) < 4.78 is 5.79. The minimum absolute atomic E-state index is 0. The van der Waals surface area contributed by atoms with E-state index in [-0.39, 0.29) is 24.0 Å². The second kappa shape index (κ2) is 6.42. The Balaban J connectivity index is 0.00000180. The third-order valence-corrected chi connectivity index (χ3v) is 3.27. The maximum atomic E-state index is 6.20. The van der Waals surface area contributed by atoms with Gasteiger partial charge in [0, 0.05) is 0 Å². The lowest BCUT2D eigenvalue weighted by molar-refractivity contribution is 0.131. The number of ether oxygens (including phenoxy) is 1. The molecule has 0 radical (unpaired) electrons. The maximum absolute atomic E-state index is 6.20. The van der Waals surface area contributed by atoms with Crippen molar-refractivity contribution in [2.45, 2.75) is 32.4 Å². The van der Waals surface area contributed by atoms with Crippen LogP contribution in [0.3, 0.4) is 0 Å². The molecule has 0 saturated heterocycles. The van der Waals surface area contributed by atoms with E-state index in [0.29, 0.717) is 0 Å². The molecule has 0 amide bonds. The van der Waals surface area contributed by atoms with E-state index in [1.165, 1.54) is 0 Å². The second-order valence-corrected chi connectivity index (χ2v) is 6.10. The zero-order valence-corrected chi connectivity index (χ0v) is 13.1.